The molecule has 3 nitrogen and oxygen atoms in total. The van der Waals surface area contributed by atoms with Gasteiger partial charge in [-0.2, -0.15) is 5.26 Å². The van der Waals surface area contributed by atoms with Crippen molar-refractivity contribution in [2.24, 2.45) is 5.41 Å². The first kappa shape index (κ1) is 13.9. The molecule has 19 heavy (non-hydrogen) atoms. The molecule has 1 aliphatic carbocycles. The third-order valence-electron chi connectivity index (χ3n) is 4.08. The summed E-state index contributed by atoms with van der Waals surface area (Å²) >= 11 is 0. The average molecular weight is 258 g/mol. The highest BCUT2D eigenvalue weighted by molar-refractivity contribution is 5.45. The van der Waals surface area contributed by atoms with E-state index < -0.39 is 0 Å². The van der Waals surface area contributed by atoms with Crippen molar-refractivity contribution in [1.82, 2.24) is 5.32 Å². The quantitative estimate of drug-likeness (QED) is 0.882. The van der Waals surface area contributed by atoms with Crippen molar-refractivity contribution in [2.45, 2.75) is 39.2 Å². The second-order valence-corrected chi connectivity index (χ2v) is 5.77. The SMILES string of the molecule is COc1cc(CNCC2(C)CCCC2)ccc1C#N. The molecule has 3 heteroatoms. The van der Waals surface area contributed by atoms with Crippen LogP contribution in [0.1, 0.15) is 43.7 Å². The van der Waals surface area contributed by atoms with E-state index in [0.29, 0.717) is 16.7 Å². The Balaban J connectivity index is 1.91. The van der Waals surface area contributed by atoms with Gasteiger partial charge in [0, 0.05) is 13.1 Å². The molecule has 1 N–H and O–H groups in total. The van der Waals surface area contributed by atoms with Gasteiger partial charge in [0.15, 0.2) is 0 Å². The lowest BCUT2D eigenvalue weighted by Gasteiger charge is -2.23. The average Bonchev–Trinajstić information content (AvgIpc) is 2.85. The fourth-order valence-corrected chi connectivity index (χ4v) is 2.85. The van der Waals surface area contributed by atoms with E-state index in [4.69, 9.17) is 10.00 Å². The van der Waals surface area contributed by atoms with E-state index in [1.807, 2.05) is 18.2 Å². The summed E-state index contributed by atoms with van der Waals surface area (Å²) in [6.45, 7) is 4.26. The van der Waals surface area contributed by atoms with Gasteiger partial charge in [0.25, 0.3) is 0 Å². The Hall–Kier alpha value is -1.53. The van der Waals surface area contributed by atoms with Gasteiger partial charge in [-0.3, -0.25) is 0 Å². The van der Waals surface area contributed by atoms with E-state index in [-0.39, 0.29) is 0 Å². The number of hydrogen-bond donors (Lipinski definition) is 1. The second kappa shape index (κ2) is 6.08. The van der Waals surface area contributed by atoms with E-state index in [9.17, 15) is 0 Å². The van der Waals surface area contributed by atoms with E-state index >= 15 is 0 Å². The Morgan fingerprint density at radius 3 is 2.74 bits per heavy atom. The summed E-state index contributed by atoms with van der Waals surface area (Å²) in [5.41, 5.74) is 2.22. The monoisotopic (exact) mass is 258 g/mol. The first-order valence-electron chi connectivity index (χ1n) is 6.95. The lowest BCUT2D eigenvalue weighted by atomic mass is 9.89. The molecular weight excluding hydrogens is 236 g/mol. The van der Waals surface area contributed by atoms with E-state index in [1.165, 1.54) is 25.7 Å². The van der Waals surface area contributed by atoms with Crippen LogP contribution in [0, 0.1) is 16.7 Å². The third kappa shape index (κ3) is 3.48. The van der Waals surface area contributed by atoms with Crippen molar-refractivity contribution in [3.63, 3.8) is 0 Å². The molecule has 102 valence electrons. The highest BCUT2D eigenvalue weighted by atomic mass is 16.5. The molecule has 1 saturated carbocycles. The molecule has 0 unspecified atom stereocenters. The predicted molar refractivity (Wildman–Crippen MR) is 76.0 cm³/mol. The van der Waals surface area contributed by atoms with Gasteiger partial charge >= 0.3 is 0 Å². The number of nitrogens with zero attached hydrogens (tertiary/aromatic N) is 1. The van der Waals surface area contributed by atoms with Gasteiger partial charge in [0.2, 0.25) is 0 Å². The molecule has 0 aliphatic heterocycles. The van der Waals surface area contributed by atoms with Crippen molar-refractivity contribution in [3.05, 3.63) is 29.3 Å². The van der Waals surface area contributed by atoms with Crippen LogP contribution >= 0.6 is 0 Å². The van der Waals surface area contributed by atoms with Gasteiger partial charge in [-0.05, 0) is 36.0 Å². The van der Waals surface area contributed by atoms with E-state index in [2.05, 4.69) is 18.3 Å². The summed E-state index contributed by atoms with van der Waals surface area (Å²) < 4.78 is 5.23. The number of benzene rings is 1. The summed E-state index contributed by atoms with van der Waals surface area (Å²) in [5, 5.41) is 12.5. The lowest BCUT2D eigenvalue weighted by Crippen LogP contribution is -2.29. The van der Waals surface area contributed by atoms with E-state index in [1.54, 1.807) is 7.11 Å². The van der Waals surface area contributed by atoms with Crippen LogP contribution in [0.25, 0.3) is 0 Å². The highest BCUT2D eigenvalue weighted by Crippen LogP contribution is 2.36. The minimum Gasteiger partial charge on any atom is -0.495 e. The fourth-order valence-electron chi connectivity index (χ4n) is 2.85. The smallest absolute Gasteiger partial charge is 0.136 e. The number of nitriles is 1. The molecule has 1 aromatic carbocycles. The van der Waals surface area contributed by atoms with Crippen molar-refractivity contribution >= 4 is 0 Å². The number of rotatable bonds is 5. The maximum absolute atomic E-state index is 8.95. The molecule has 0 amide bonds. The lowest BCUT2D eigenvalue weighted by molar-refractivity contribution is 0.314. The second-order valence-electron chi connectivity index (χ2n) is 5.77. The van der Waals surface area contributed by atoms with Crippen LogP contribution in [0.5, 0.6) is 5.75 Å². The summed E-state index contributed by atoms with van der Waals surface area (Å²) in [5.74, 6) is 0.661. The molecule has 1 aliphatic rings. The number of nitrogens with one attached hydrogen (secondary N) is 1. The van der Waals surface area contributed by atoms with Crippen LogP contribution < -0.4 is 10.1 Å². The zero-order valence-corrected chi connectivity index (χ0v) is 11.8. The molecule has 0 bridgehead atoms. The largest absolute Gasteiger partial charge is 0.495 e. The summed E-state index contributed by atoms with van der Waals surface area (Å²) in [4.78, 5) is 0. The van der Waals surface area contributed by atoms with Gasteiger partial charge in [-0.15, -0.1) is 0 Å². The van der Waals surface area contributed by atoms with Crippen LogP contribution in [-0.4, -0.2) is 13.7 Å². The zero-order valence-electron chi connectivity index (χ0n) is 11.8. The molecule has 0 spiro atoms. The van der Waals surface area contributed by atoms with E-state index in [0.717, 1.165) is 18.7 Å². The Labute approximate surface area is 115 Å². The minimum absolute atomic E-state index is 0.469. The molecule has 0 aromatic heterocycles. The topological polar surface area (TPSA) is 45.0 Å². The van der Waals surface area contributed by atoms with Gasteiger partial charge in [-0.25, -0.2) is 0 Å². The summed E-state index contributed by atoms with van der Waals surface area (Å²) in [6, 6.07) is 7.90. The number of hydrogen-bond acceptors (Lipinski definition) is 3. The normalized spacial score (nSPS) is 17.1. The Bertz CT molecular complexity index is 470. The maximum Gasteiger partial charge on any atom is 0.136 e. The van der Waals surface area contributed by atoms with Crippen LogP contribution in [0.4, 0.5) is 0 Å². The van der Waals surface area contributed by atoms with Crippen molar-refractivity contribution < 1.29 is 4.74 Å². The first-order chi connectivity index (χ1) is 9.17. The Morgan fingerprint density at radius 2 is 2.11 bits per heavy atom. The number of methoxy groups -OCH3 is 1. The van der Waals surface area contributed by atoms with Crippen LogP contribution in [-0.2, 0) is 6.54 Å². The van der Waals surface area contributed by atoms with Gasteiger partial charge in [-0.1, -0.05) is 25.8 Å². The summed E-state index contributed by atoms with van der Waals surface area (Å²) in [6.07, 6.45) is 5.39. The molecule has 2 rings (SSSR count). The Morgan fingerprint density at radius 1 is 1.37 bits per heavy atom. The van der Waals surface area contributed by atoms with Crippen molar-refractivity contribution in [3.8, 4) is 11.8 Å². The summed E-state index contributed by atoms with van der Waals surface area (Å²) in [7, 11) is 1.60. The van der Waals surface area contributed by atoms with Crippen LogP contribution in [0.2, 0.25) is 0 Å². The van der Waals surface area contributed by atoms with Gasteiger partial charge in [0.1, 0.15) is 11.8 Å². The van der Waals surface area contributed by atoms with Crippen LogP contribution in [0.3, 0.4) is 0 Å². The zero-order chi connectivity index (χ0) is 13.7. The molecule has 0 radical (unpaired) electrons. The van der Waals surface area contributed by atoms with Crippen molar-refractivity contribution in [1.29, 1.82) is 5.26 Å². The van der Waals surface area contributed by atoms with Gasteiger partial charge < -0.3 is 10.1 Å². The molecule has 1 fully saturated rings. The fraction of sp³-hybridized carbons (Fsp3) is 0.562. The predicted octanol–water partition coefficient (Wildman–Crippen LogP) is 3.24. The maximum atomic E-state index is 8.95. The van der Waals surface area contributed by atoms with Crippen molar-refractivity contribution in [2.75, 3.05) is 13.7 Å². The molecular formula is C16H22N2O. The third-order valence-corrected chi connectivity index (χ3v) is 4.08. The molecule has 1 aromatic rings. The van der Waals surface area contributed by atoms with Gasteiger partial charge in [0.05, 0.1) is 12.7 Å². The minimum atomic E-state index is 0.469. The molecule has 0 heterocycles. The Kier molecular flexibility index (Phi) is 4.44. The molecule has 0 saturated heterocycles. The highest BCUT2D eigenvalue weighted by Gasteiger charge is 2.27. The standard InChI is InChI=1S/C16H22N2O/c1-16(7-3-4-8-16)12-18-11-13-5-6-14(10-17)15(9-13)19-2/h5-6,9,18H,3-4,7-8,11-12H2,1-2H3. The first-order valence-corrected chi connectivity index (χ1v) is 6.95. The number of ether oxygens (including phenoxy) is 1. The van der Waals surface area contributed by atoms with Crippen LogP contribution in [0.15, 0.2) is 18.2 Å². The molecule has 0 atom stereocenters.